The van der Waals surface area contributed by atoms with Crippen LogP contribution in [0.4, 0.5) is 0 Å². The Morgan fingerprint density at radius 2 is 1.83 bits per heavy atom. The van der Waals surface area contributed by atoms with Gasteiger partial charge in [0.2, 0.25) is 0 Å². The third-order valence-corrected chi connectivity index (χ3v) is 6.67. The highest BCUT2D eigenvalue weighted by molar-refractivity contribution is 7.87. The lowest BCUT2D eigenvalue weighted by molar-refractivity contribution is 0.191. The molecule has 0 spiro atoms. The second-order valence-electron chi connectivity index (χ2n) is 7.29. The number of nitrogens with zero attached hydrogens (tertiary/aromatic N) is 2. The molecular formula is C18H29N3O2S. The molecule has 1 aromatic carbocycles. The van der Waals surface area contributed by atoms with Gasteiger partial charge in [0.05, 0.1) is 0 Å². The molecule has 2 fully saturated rings. The van der Waals surface area contributed by atoms with E-state index in [2.05, 4.69) is 40.8 Å². The second kappa shape index (κ2) is 7.95. The Labute approximate surface area is 146 Å². The van der Waals surface area contributed by atoms with Crippen molar-refractivity contribution in [3.63, 3.8) is 0 Å². The van der Waals surface area contributed by atoms with Gasteiger partial charge in [0, 0.05) is 32.2 Å². The average Bonchev–Trinajstić information content (AvgIpc) is 2.56. The van der Waals surface area contributed by atoms with Crippen LogP contribution < -0.4 is 4.72 Å². The molecule has 24 heavy (non-hydrogen) atoms. The van der Waals surface area contributed by atoms with Crippen LogP contribution in [-0.2, 0) is 16.8 Å². The van der Waals surface area contributed by atoms with Crippen LogP contribution in [0.15, 0.2) is 30.3 Å². The van der Waals surface area contributed by atoms with E-state index in [1.165, 1.54) is 5.56 Å². The van der Waals surface area contributed by atoms with E-state index in [9.17, 15) is 8.42 Å². The smallest absolute Gasteiger partial charge is 0.279 e. The summed E-state index contributed by atoms with van der Waals surface area (Å²) in [4.78, 5) is 2.35. The zero-order chi connectivity index (χ0) is 17.0. The molecule has 2 aliphatic rings. The molecule has 1 aromatic rings. The standard InChI is InChI=1S/C18H29N3O2S/c1-16-7-5-12-21(13-16)24(22,23)19-18-10-6-11-20(15-18)14-17-8-3-2-4-9-17/h2-4,8-9,16,18-19H,5-7,10-15H2,1H3/t16-,18-/m0/s1. The van der Waals surface area contributed by atoms with Crippen molar-refractivity contribution in [1.29, 1.82) is 0 Å². The van der Waals surface area contributed by atoms with Crippen LogP contribution in [0, 0.1) is 5.92 Å². The summed E-state index contributed by atoms with van der Waals surface area (Å²) in [6.45, 7) is 6.14. The number of rotatable bonds is 5. The fourth-order valence-electron chi connectivity index (χ4n) is 3.79. The summed E-state index contributed by atoms with van der Waals surface area (Å²) in [5, 5.41) is 0. The Bertz CT molecular complexity index is 620. The molecule has 0 unspecified atom stereocenters. The lowest BCUT2D eigenvalue weighted by atomic mass is 10.0. The molecule has 0 bridgehead atoms. The lowest BCUT2D eigenvalue weighted by Crippen LogP contribution is -2.53. The predicted octanol–water partition coefficient (Wildman–Crippen LogP) is 2.22. The molecule has 0 aliphatic carbocycles. The van der Waals surface area contributed by atoms with Crippen molar-refractivity contribution in [3.8, 4) is 0 Å². The third-order valence-electron chi connectivity index (χ3n) is 5.03. The van der Waals surface area contributed by atoms with Gasteiger partial charge in [0.25, 0.3) is 10.2 Å². The van der Waals surface area contributed by atoms with E-state index in [4.69, 9.17) is 0 Å². The molecular weight excluding hydrogens is 322 g/mol. The minimum Gasteiger partial charge on any atom is -0.298 e. The van der Waals surface area contributed by atoms with E-state index in [0.29, 0.717) is 19.0 Å². The topological polar surface area (TPSA) is 52.7 Å². The predicted molar refractivity (Wildman–Crippen MR) is 96.8 cm³/mol. The minimum absolute atomic E-state index is 0.0182. The van der Waals surface area contributed by atoms with E-state index < -0.39 is 10.2 Å². The Morgan fingerprint density at radius 3 is 2.58 bits per heavy atom. The normalized spacial score (nSPS) is 27.2. The lowest BCUT2D eigenvalue weighted by Gasteiger charge is -2.36. The Hall–Kier alpha value is -0.950. The summed E-state index contributed by atoms with van der Waals surface area (Å²) < 4.78 is 29.9. The molecule has 2 heterocycles. The molecule has 0 amide bonds. The minimum atomic E-state index is -3.36. The first kappa shape index (κ1) is 17.9. The molecule has 5 nitrogen and oxygen atoms in total. The number of piperidine rings is 2. The molecule has 2 atom stereocenters. The van der Waals surface area contributed by atoms with Crippen LogP contribution in [-0.4, -0.2) is 49.8 Å². The van der Waals surface area contributed by atoms with Crippen molar-refractivity contribution < 1.29 is 8.42 Å². The number of benzene rings is 1. The molecule has 2 aliphatic heterocycles. The fraction of sp³-hybridized carbons (Fsp3) is 0.667. The van der Waals surface area contributed by atoms with Crippen molar-refractivity contribution in [2.75, 3.05) is 26.2 Å². The highest BCUT2D eigenvalue weighted by Gasteiger charge is 2.30. The van der Waals surface area contributed by atoms with Crippen molar-refractivity contribution in [1.82, 2.24) is 13.9 Å². The third kappa shape index (κ3) is 4.79. The van der Waals surface area contributed by atoms with Crippen molar-refractivity contribution in [2.24, 2.45) is 5.92 Å². The quantitative estimate of drug-likeness (QED) is 0.885. The van der Waals surface area contributed by atoms with Crippen LogP contribution in [0.2, 0.25) is 0 Å². The van der Waals surface area contributed by atoms with Gasteiger partial charge >= 0.3 is 0 Å². The molecule has 0 radical (unpaired) electrons. The molecule has 134 valence electrons. The Balaban J connectivity index is 1.56. The number of likely N-dealkylation sites (tertiary alicyclic amines) is 1. The van der Waals surface area contributed by atoms with Gasteiger partial charge in [-0.15, -0.1) is 0 Å². The van der Waals surface area contributed by atoms with Gasteiger partial charge in [0.15, 0.2) is 0 Å². The molecule has 0 aromatic heterocycles. The summed E-state index contributed by atoms with van der Waals surface area (Å²) in [6.07, 6.45) is 4.05. The van der Waals surface area contributed by atoms with Gasteiger partial charge in [-0.25, -0.2) is 0 Å². The summed E-state index contributed by atoms with van der Waals surface area (Å²) in [5.41, 5.74) is 1.28. The van der Waals surface area contributed by atoms with Crippen LogP contribution in [0.5, 0.6) is 0 Å². The Morgan fingerprint density at radius 1 is 1.08 bits per heavy atom. The van der Waals surface area contributed by atoms with Gasteiger partial charge in [-0.1, -0.05) is 37.3 Å². The Kier molecular flexibility index (Phi) is 5.92. The van der Waals surface area contributed by atoms with Gasteiger partial charge in [0.1, 0.15) is 0 Å². The number of hydrogen-bond donors (Lipinski definition) is 1. The first-order chi connectivity index (χ1) is 11.5. The summed E-state index contributed by atoms with van der Waals surface area (Å²) >= 11 is 0. The zero-order valence-corrected chi connectivity index (χ0v) is 15.3. The van der Waals surface area contributed by atoms with Crippen molar-refractivity contribution in [2.45, 2.75) is 45.2 Å². The first-order valence-electron chi connectivity index (χ1n) is 9.06. The highest BCUT2D eigenvalue weighted by Crippen LogP contribution is 2.19. The maximum absolute atomic E-state index is 12.7. The van der Waals surface area contributed by atoms with E-state index in [1.54, 1.807) is 4.31 Å². The summed E-state index contributed by atoms with van der Waals surface area (Å²) in [7, 11) is -3.36. The SMILES string of the molecule is C[C@H]1CCCN(S(=O)(=O)N[C@H]2CCCN(Cc3ccccc3)C2)C1. The molecule has 0 saturated carbocycles. The summed E-state index contributed by atoms with van der Waals surface area (Å²) in [5.74, 6) is 0.455. The molecule has 2 saturated heterocycles. The van der Waals surface area contributed by atoms with Crippen LogP contribution in [0.25, 0.3) is 0 Å². The van der Waals surface area contributed by atoms with Crippen molar-refractivity contribution >= 4 is 10.2 Å². The maximum atomic E-state index is 12.7. The fourth-order valence-corrected chi connectivity index (χ4v) is 5.37. The van der Waals surface area contributed by atoms with Gasteiger partial charge in [-0.05, 0) is 43.7 Å². The average molecular weight is 352 g/mol. The first-order valence-corrected chi connectivity index (χ1v) is 10.5. The molecule has 3 rings (SSSR count). The molecule has 6 heteroatoms. The van der Waals surface area contributed by atoms with E-state index in [-0.39, 0.29) is 6.04 Å². The van der Waals surface area contributed by atoms with Crippen LogP contribution in [0.3, 0.4) is 0 Å². The zero-order valence-electron chi connectivity index (χ0n) is 14.5. The van der Waals surface area contributed by atoms with Gasteiger partial charge < -0.3 is 0 Å². The molecule has 1 N–H and O–H groups in total. The van der Waals surface area contributed by atoms with Crippen molar-refractivity contribution in [3.05, 3.63) is 35.9 Å². The van der Waals surface area contributed by atoms with Gasteiger partial charge in [-0.3, -0.25) is 4.90 Å². The maximum Gasteiger partial charge on any atom is 0.279 e. The summed E-state index contributed by atoms with van der Waals surface area (Å²) in [6, 6.07) is 10.4. The van der Waals surface area contributed by atoms with Crippen LogP contribution in [0.1, 0.15) is 38.2 Å². The monoisotopic (exact) mass is 351 g/mol. The second-order valence-corrected chi connectivity index (χ2v) is 8.99. The van der Waals surface area contributed by atoms with Crippen LogP contribution >= 0.6 is 0 Å². The number of hydrogen-bond acceptors (Lipinski definition) is 3. The van der Waals surface area contributed by atoms with E-state index in [1.807, 2.05) is 6.07 Å². The largest absolute Gasteiger partial charge is 0.298 e. The highest BCUT2D eigenvalue weighted by atomic mass is 32.2. The van der Waals surface area contributed by atoms with Gasteiger partial charge in [-0.2, -0.15) is 17.4 Å². The van der Waals surface area contributed by atoms with E-state index >= 15 is 0 Å². The number of nitrogens with one attached hydrogen (secondary N) is 1. The van der Waals surface area contributed by atoms with E-state index in [0.717, 1.165) is 45.3 Å².